The normalized spacial score (nSPS) is 22.9. The van der Waals surface area contributed by atoms with Crippen molar-refractivity contribution in [2.24, 2.45) is 0 Å². The maximum atomic E-state index is 12.8. The molecule has 0 bridgehead atoms. The van der Waals surface area contributed by atoms with Gasteiger partial charge in [-0.2, -0.15) is 9.57 Å². The highest BCUT2D eigenvalue weighted by atomic mass is 32.2. The Morgan fingerprint density at radius 2 is 2.14 bits per heavy atom. The molecule has 1 aromatic rings. The molecule has 1 unspecified atom stereocenters. The summed E-state index contributed by atoms with van der Waals surface area (Å²) in [6, 6.07) is 6.22. The van der Waals surface area contributed by atoms with Crippen molar-refractivity contribution in [3.63, 3.8) is 0 Å². The number of hydrogen-bond donors (Lipinski definition) is 1. The van der Waals surface area contributed by atoms with Gasteiger partial charge in [0.1, 0.15) is 5.54 Å². The number of benzene rings is 1. The molecule has 21 heavy (non-hydrogen) atoms. The quantitative estimate of drug-likeness (QED) is 0.912. The molecule has 7 heteroatoms. The fraction of sp³-hybridized carbons (Fsp3) is 0.429. The molecule has 0 aliphatic carbocycles. The second-order valence-corrected chi connectivity index (χ2v) is 7.18. The van der Waals surface area contributed by atoms with E-state index >= 15 is 0 Å². The van der Waals surface area contributed by atoms with E-state index in [9.17, 15) is 18.3 Å². The number of nitriles is 1. The lowest BCUT2D eigenvalue weighted by Crippen LogP contribution is -2.50. The average molecular weight is 308 g/mol. The van der Waals surface area contributed by atoms with E-state index in [2.05, 4.69) is 0 Å². The van der Waals surface area contributed by atoms with E-state index in [1.165, 1.54) is 25.1 Å². The van der Waals surface area contributed by atoms with Gasteiger partial charge in [-0.1, -0.05) is 0 Å². The van der Waals surface area contributed by atoms with E-state index in [-0.39, 0.29) is 17.9 Å². The summed E-state index contributed by atoms with van der Waals surface area (Å²) in [5.41, 5.74) is -0.610. The predicted octanol–water partition coefficient (Wildman–Crippen LogP) is 1.49. The highest BCUT2D eigenvalue weighted by molar-refractivity contribution is 7.89. The molecule has 0 amide bonds. The van der Waals surface area contributed by atoms with Crippen LogP contribution in [0.4, 0.5) is 0 Å². The molecule has 6 nitrogen and oxygen atoms in total. The Hall–Kier alpha value is -1.91. The Bertz CT molecular complexity index is 736. The van der Waals surface area contributed by atoms with Gasteiger partial charge < -0.3 is 5.11 Å². The van der Waals surface area contributed by atoms with Gasteiger partial charge in [-0.05, 0) is 50.5 Å². The number of carbonyl (C=O) groups is 1. The van der Waals surface area contributed by atoms with Crippen LogP contribution in [0, 0.1) is 18.3 Å². The molecule has 112 valence electrons. The fourth-order valence-corrected chi connectivity index (χ4v) is 4.68. The lowest BCUT2D eigenvalue weighted by molar-refractivity contribution is -0.146. The van der Waals surface area contributed by atoms with Gasteiger partial charge >= 0.3 is 5.97 Å². The van der Waals surface area contributed by atoms with Gasteiger partial charge in [0.25, 0.3) is 0 Å². The van der Waals surface area contributed by atoms with Crippen LogP contribution in [0.1, 0.15) is 30.9 Å². The second kappa shape index (κ2) is 5.13. The van der Waals surface area contributed by atoms with Crippen LogP contribution in [-0.2, 0) is 14.8 Å². The van der Waals surface area contributed by atoms with Gasteiger partial charge in [0.2, 0.25) is 10.0 Å². The SMILES string of the molecule is Cc1cc(C#N)ccc1S(=O)(=O)N1CCCC1(C)C(=O)O. The molecule has 1 fully saturated rings. The number of rotatable bonds is 3. The number of aliphatic carboxylic acids is 1. The van der Waals surface area contributed by atoms with Crippen LogP contribution in [0.15, 0.2) is 23.1 Å². The second-order valence-electron chi connectivity index (χ2n) is 5.35. The minimum Gasteiger partial charge on any atom is -0.480 e. The molecule has 1 aliphatic heterocycles. The zero-order chi connectivity index (χ0) is 15.8. The van der Waals surface area contributed by atoms with E-state index in [1.54, 1.807) is 6.92 Å². The molecular weight excluding hydrogens is 292 g/mol. The van der Waals surface area contributed by atoms with Gasteiger partial charge in [0.05, 0.1) is 16.5 Å². The summed E-state index contributed by atoms with van der Waals surface area (Å²) in [6.07, 6.45) is 0.800. The van der Waals surface area contributed by atoms with Crippen LogP contribution < -0.4 is 0 Å². The zero-order valence-electron chi connectivity index (χ0n) is 11.8. The lowest BCUT2D eigenvalue weighted by atomic mass is 10.0. The highest BCUT2D eigenvalue weighted by Gasteiger charge is 2.50. The molecule has 0 radical (unpaired) electrons. The monoisotopic (exact) mass is 308 g/mol. The molecule has 1 heterocycles. The summed E-state index contributed by atoms with van der Waals surface area (Å²) in [7, 11) is -3.90. The first-order valence-electron chi connectivity index (χ1n) is 6.50. The summed E-state index contributed by atoms with van der Waals surface area (Å²) in [5.74, 6) is -1.14. The van der Waals surface area contributed by atoms with E-state index in [1.807, 2.05) is 6.07 Å². The Kier molecular flexibility index (Phi) is 3.78. The highest BCUT2D eigenvalue weighted by Crippen LogP contribution is 2.35. The van der Waals surface area contributed by atoms with Gasteiger partial charge in [-0.3, -0.25) is 4.79 Å². The standard InChI is InChI=1S/C14H16N2O4S/c1-10-8-11(9-15)4-5-12(10)21(19,20)16-7-3-6-14(16,2)13(17)18/h4-5,8H,3,6-7H2,1-2H3,(H,17,18). The molecular formula is C14H16N2O4S. The Labute approximate surface area is 123 Å². The van der Waals surface area contributed by atoms with Crippen molar-refractivity contribution in [3.8, 4) is 6.07 Å². The number of carboxylic acids is 1. The van der Waals surface area contributed by atoms with Crippen molar-refractivity contribution in [3.05, 3.63) is 29.3 Å². The van der Waals surface area contributed by atoms with E-state index in [0.29, 0.717) is 17.5 Å². The van der Waals surface area contributed by atoms with Crippen LogP contribution in [-0.4, -0.2) is 35.9 Å². The lowest BCUT2D eigenvalue weighted by Gasteiger charge is -2.30. The molecule has 1 aromatic carbocycles. The maximum absolute atomic E-state index is 12.8. The van der Waals surface area contributed by atoms with Gasteiger partial charge in [0.15, 0.2) is 0 Å². The van der Waals surface area contributed by atoms with Crippen LogP contribution in [0.3, 0.4) is 0 Å². The van der Waals surface area contributed by atoms with Crippen molar-refractivity contribution in [2.45, 2.75) is 37.1 Å². The van der Waals surface area contributed by atoms with Crippen molar-refractivity contribution in [1.82, 2.24) is 4.31 Å². The van der Waals surface area contributed by atoms with E-state index < -0.39 is 21.5 Å². The Morgan fingerprint density at radius 3 is 2.67 bits per heavy atom. The number of nitrogens with zero attached hydrogens (tertiary/aromatic N) is 2. The van der Waals surface area contributed by atoms with Crippen molar-refractivity contribution >= 4 is 16.0 Å². The summed E-state index contributed by atoms with van der Waals surface area (Å²) in [5, 5.41) is 18.2. The predicted molar refractivity (Wildman–Crippen MR) is 75.1 cm³/mol. The average Bonchev–Trinajstić information content (AvgIpc) is 2.82. The number of carboxylic acid groups (broad SMARTS) is 1. The van der Waals surface area contributed by atoms with Crippen LogP contribution in [0.5, 0.6) is 0 Å². The molecule has 2 rings (SSSR count). The first-order chi connectivity index (χ1) is 9.73. The maximum Gasteiger partial charge on any atom is 0.324 e. The summed E-state index contributed by atoms with van der Waals surface area (Å²) >= 11 is 0. The molecule has 0 spiro atoms. The first-order valence-corrected chi connectivity index (χ1v) is 7.94. The van der Waals surface area contributed by atoms with E-state index in [0.717, 1.165) is 4.31 Å². The van der Waals surface area contributed by atoms with Crippen molar-refractivity contribution in [2.75, 3.05) is 6.54 Å². The Morgan fingerprint density at radius 1 is 1.48 bits per heavy atom. The molecule has 1 saturated heterocycles. The summed E-state index contributed by atoms with van der Waals surface area (Å²) in [6.45, 7) is 3.21. The Balaban J connectivity index is 2.53. The number of hydrogen-bond acceptors (Lipinski definition) is 4. The summed E-state index contributed by atoms with van der Waals surface area (Å²) in [4.78, 5) is 11.5. The molecule has 1 N–H and O–H groups in total. The molecule has 1 atom stereocenters. The minimum absolute atomic E-state index is 0.0517. The molecule has 1 aliphatic rings. The third-order valence-corrected chi connectivity index (χ3v) is 6.09. The topological polar surface area (TPSA) is 98.5 Å². The fourth-order valence-electron chi connectivity index (χ4n) is 2.66. The third kappa shape index (κ3) is 2.41. The van der Waals surface area contributed by atoms with Gasteiger partial charge in [-0.15, -0.1) is 0 Å². The van der Waals surface area contributed by atoms with Gasteiger partial charge in [0, 0.05) is 6.54 Å². The van der Waals surface area contributed by atoms with Crippen molar-refractivity contribution in [1.29, 1.82) is 5.26 Å². The molecule has 0 saturated carbocycles. The first kappa shape index (κ1) is 15.5. The zero-order valence-corrected chi connectivity index (χ0v) is 12.6. The number of sulfonamides is 1. The van der Waals surface area contributed by atoms with Crippen LogP contribution in [0.2, 0.25) is 0 Å². The molecule has 0 aromatic heterocycles. The number of aryl methyl sites for hydroxylation is 1. The largest absolute Gasteiger partial charge is 0.480 e. The minimum atomic E-state index is -3.90. The third-order valence-electron chi connectivity index (χ3n) is 3.91. The van der Waals surface area contributed by atoms with E-state index in [4.69, 9.17) is 5.26 Å². The van der Waals surface area contributed by atoms with Gasteiger partial charge in [-0.25, -0.2) is 8.42 Å². The smallest absolute Gasteiger partial charge is 0.324 e. The summed E-state index contributed by atoms with van der Waals surface area (Å²) < 4.78 is 26.6. The van der Waals surface area contributed by atoms with Crippen LogP contribution in [0.25, 0.3) is 0 Å². The van der Waals surface area contributed by atoms with Crippen molar-refractivity contribution < 1.29 is 18.3 Å². The van der Waals surface area contributed by atoms with Crippen LogP contribution >= 0.6 is 0 Å².